The SMILES string of the molecule is CN(Cc1ccc(Cl)cc1)[C@H]1CCC[C@@H]1O. The molecule has 1 aromatic rings. The van der Waals surface area contributed by atoms with Crippen LogP contribution in [0.2, 0.25) is 5.02 Å². The monoisotopic (exact) mass is 239 g/mol. The van der Waals surface area contributed by atoms with Crippen LogP contribution in [0.4, 0.5) is 0 Å². The fourth-order valence-corrected chi connectivity index (χ4v) is 2.56. The standard InChI is InChI=1S/C13H18ClNO/c1-15(12-3-2-4-13(12)16)9-10-5-7-11(14)8-6-10/h5-8,12-13,16H,2-4,9H2,1H3/t12-,13-/m0/s1. The van der Waals surface area contributed by atoms with Crippen molar-refractivity contribution in [1.82, 2.24) is 4.90 Å². The normalized spacial score (nSPS) is 25.2. The van der Waals surface area contributed by atoms with Gasteiger partial charge in [0.2, 0.25) is 0 Å². The lowest BCUT2D eigenvalue weighted by Gasteiger charge is -2.26. The summed E-state index contributed by atoms with van der Waals surface area (Å²) in [4.78, 5) is 2.24. The minimum atomic E-state index is -0.155. The largest absolute Gasteiger partial charge is 0.391 e. The van der Waals surface area contributed by atoms with Gasteiger partial charge in [-0.2, -0.15) is 0 Å². The van der Waals surface area contributed by atoms with Gasteiger partial charge in [0, 0.05) is 17.6 Å². The predicted octanol–water partition coefficient (Wildman–Crippen LogP) is 2.69. The van der Waals surface area contributed by atoms with Crippen LogP contribution in [0.15, 0.2) is 24.3 Å². The smallest absolute Gasteiger partial charge is 0.0695 e. The van der Waals surface area contributed by atoms with Crippen molar-refractivity contribution in [1.29, 1.82) is 0 Å². The third-order valence-electron chi connectivity index (χ3n) is 3.36. The van der Waals surface area contributed by atoms with E-state index < -0.39 is 0 Å². The number of rotatable bonds is 3. The van der Waals surface area contributed by atoms with Crippen molar-refractivity contribution >= 4 is 11.6 Å². The van der Waals surface area contributed by atoms with E-state index in [0.717, 1.165) is 30.8 Å². The summed E-state index contributed by atoms with van der Waals surface area (Å²) in [6.45, 7) is 0.874. The summed E-state index contributed by atoms with van der Waals surface area (Å²) in [5.74, 6) is 0. The fourth-order valence-electron chi connectivity index (χ4n) is 2.43. The summed E-state index contributed by atoms with van der Waals surface area (Å²) in [7, 11) is 2.08. The second kappa shape index (κ2) is 5.17. The first-order valence-electron chi connectivity index (χ1n) is 5.79. The molecule has 1 fully saturated rings. The van der Waals surface area contributed by atoms with E-state index in [1.54, 1.807) is 0 Å². The van der Waals surface area contributed by atoms with Gasteiger partial charge in [-0.15, -0.1) is 0 Å². The summed E-state index contributed by atoms with van der Waals surface area (Å²) in [5, 5.41) is 10.6. The van der Waals surface area contributed by atoms with E-state index >= 15 is 0 Å². The number of likely N-dealkylation sites (N-methyl/N-ethyl adjacent to an activating group) is 1. The molecule has 0 heterocycles. The van der Waals surface area contributed by atoms with Gasteiger partial charge in [0.25, 0.3) is 0 Å². The molecule has 0 bridgehead atoms. The molecule has 1 aromatic carbocycles. The van der Waals surface area contributed by atoms with Gasteiger partial charge in [-0.1, -0.05) is 23.7 Å². The Morgan fingerprint density at radius 3 is 2.56 bits per heavy atom. The Morgan fingerprint density at radius 2 is 2.00 bits per heavy atom. The Bertz CT molecular complexity index is 338. The first-order chi connectivity index (χ1) is 7.66. The average molecular weight is 240 g/mol. The predicted molar refractivity (Wildman–Crippen MR) is 66.6 cm³/mol. The molecular weight excluding hydrogens is 222 g/mol. The topological polar surface area (TPSA) is 23.5 Å². The molecule has 2 nitrogen and oxygen atoms in total. The summed E-state index contributed by atoms with van der Waals surface area (Å²) in [6.07, 6.45) is 3.02. The van der Waals surface area contributed by atoms with Crippen molar-refractivity contribution in [3.05, 3.63) is 34.9 Å². The highest BCUT2D eigenvalue weighted by Crippen LogP contribution is 2.24. The molecule has 2 rings (SSSR count). The third-order valence-corrected chi connectivity index (χ3v) is 3.61. The van der Waals surface area contributed by atoms with Crippen LogP contribution in [-0.4, -0.2) is 29.2 Å². The Balaban J connectivity index is 1.96. The lowest BCUT2D eigenvalue weighted by Crippen LogP contribution is -2.36. The van der Waals surface area contributed by atoms with Crippen molar-refractivity contribution in [3.8, 4) is 0 Å². The molecule has 88 valence electrons. The number of hydrogen-bond acceptors (Lipinski definition) is 2. The zero-order valence-corrected chi connectivity index (χ0v) is 10.3. The first kappa shape index (κ1) is 11.9. The molecule has 1 saturated carbocycles. The minimum absolute atomic E-state index is 0.155. The molecule has 1 N–H and O–H groups in total. The zero-order chi connectivity index (χ0) is 11.5. The summed E-state index contributed by atoms with van der Waals surface area (Å²) < 4.78 is 0. The molecule has 3 heteroatoms. The second-order valence-electron chi connectivity index (χ2n) is 4.61. The van der Waals surface area contributed by atoms with Crippen molar-refractivity contribution in [2.24, 2.45) is 0 Å². The Kier molecular flexibility index (Phi) is 3.85. The van der Waals surface area contributed by atoms with Crippen LogP contribution in [-0.2, 0) is 6.54 Å². The van der Waals surface area contributed by atoms with Crippen LogP contribution in [0, 0.1) is 0 Å². The van der Waals surface area contributed by atoms with Gasteiger partial charge >= 0.3 is 0 Å². The van der Waals surface area contributed by atoms with E-state index in [-0.39, 0.29) is 6.10 Å². The molecule has 0 saturated heterocycles. The second-order valence-corrected chi connectivity index (χ2v) is 5.04. The van der Waals surface area contributed by atoms with E-state index in [1.807, 2.05) is 24.3 Å². The molecule has 1 aliphatic rings. The van der Waals surface area contributed by atoms with E-state index in [9.17, 15) is 5.11 Å². The van der Waals surface area contributed by atoms with Gasteiger partial charge in [-0.25, -0.2) is 0 Å². The van der Waals surface area contributed by atoms with Gasteiger partial charge in [0.15, 0.2) is 0 Å². The van der Waals surface area contributed by atoms with Crippen molar-refractivity contribution < 1.29 is 5.11 Å². The maximum absolute atomic E-state index is 9.82. The highest BCUT2D eigenvalue weighted by molar-refractivity contribution is 6.30. The Morgan fingerprint density at radius 1 is 1.31 bits per heavy atom. The average Bonchev–Trinajstić information content (AvgIpc) is 2.68. The Hall–Kier alpha value is -0.570. The summed E-state index contributed by atoms with van der Waals surface area (Å²) >= 11 is 5.84. The number of benzene rings is 1. The molecule has 2 atom stereocenters. The highest BCUT2D eigenvalue weighted by Gasteiger charge is 2.28. The number of aliphatic hydroxyl groups excluding tert-OH is 1. The molecule has 16 heavy (non-hydrogen) atoms. The van der Waals surface area contributed by atoms with Crippen molar-refractivity contribution in [2.45, 2.75) is 38.0 Å². The van der Waals surface area contributed by atoms with Crippen LogP contribution < -0.4 is 0 Å². The van der Waals surface area contributed by atoms with Gasteiger partial charge in [0.05, 0.1) is 6.10 Å². The molecule has 0 amide bonds. The summed E-state index contributed by atoms with van der Waals surface area (Å²) in [5.41, 5.74) is 1.24. The van der Waals surface area contributed by atoms with Crippen molar-refractivity contribution in [2.75, 3.05) is 7.05 Å². The van der Waals surface area contributed by atoms with Crippen molar-refractivity contribution in [3.63, 3.8) is 0 Å². The molecule has 0 spiro atoms. The highest BCUT2D eigenvalue weighted by atomic mass is 35.5. The molecule has 0 radical (unpaired) electrons. The molecule has 0 unspecified atom stereocenters. The molecule has 0 aromatic heterocycles. The molecule has 0 aliphatic heterocycles. The lowest BCUT2D eigenvalue weighted by molar-refractivity contribution is 0.0825. The van der Waals surface area contributed by atoms with Crippen LogP contribution in [0.25, 0.3) is 0 Å². The van der Waals surface area contributed by atoms with Crippen LogP contribution >= 0.6 is 11.6 Å². The van der Waals surface area contributed by atoms with E-state index in [4.69, 9.17) is 11.6 Å². The number of halogens is 1. The third kappa shape index (κ3) is 2.76. The van der Waals surface area contributed by atoms with E-state index in [1.165, 1.54) is 5.56 Å². The van der Waals surface area contributed by atoms with Crippen LogP contribution in [0.3, 0.4) is 0 Å². The van der Waals surface area contributed by atoms with Gasteiger partial charge in [0.1, 0.15) is 0 Å². The van der Waals surface area contributed by atoms with Crippen LogP contribution in [0.5, 0.6) is 0 Å². The number of aliphatic hydroxyl groups is 1. The van der Waals surface area contributed by atoms with Gasteiger partial charge < -0.3 is 5.11 Å². The zero-order valence-electron chi connectivity index (χ0n) is 9.56. The van der Waals surface area contributed by atoms with E-state index in [2.05, 4.69) is 11.9 Å². The quantitative estimate of drug-likeness (QED) is 0.877. The summed E-state index contributed by atoms with van der Waals surface area (Å²) in [6, 6.07) is 8.22. The minimum Gasteiger partial charge on any atom is -0.391 e. The lowest BCUT2D eigenvalue weighted by atomic mass is 10.1. The molecule has 1 aliphatic carbocycles. The van der Waals surface area contributed by atoms with Gasteiger partial charge in [-0.05, 0) is 44.0 Å². The van der Waals surface area contributed by atoms with E-state index in [0.29, 0.717) is 6.04 Å². The number of nitrogens with zero attached hydrogens (tertiary/aromatic N) is 1. The maximum Gasteiger partial charge on any atom is 0.0695 e. The maximum atomic E-state index is 9.82. The molecular formula is C13H18ClNO. The first-order valence-corrected chi connectivity index (χ1v) is 6.17. The number of hydrogen-bond donors (Lipinski definition) is 1. The van der Waals surface area contributed by atoms with Crippen LogP contribution in [0.1, 0.15) is 24.8 Å². The Labute approximate surface area is 102 Å². The fraction of sp³-hybridized carbons (Fsp3) is 0.538. The van der Waals surface area contributed by atoms with Gasteiger partial charge in [-0.3, -0.25) is 4.90 Å².